The Balaban J connectivity index is 0. The van der Waals surface area contributed by atoms with Gasteiger partial charge in [0.15, 0.2) is 0 Å². The van der Waals surface area contributed by atoms with Gasteiger partial charge in [0, 0.05) is 0 Å². The summed E-state index contributed by atoms with van der Waals surface area (Å²) in [6, 6.07) is 0. The molecule has 0 amide bonds. The van der Waals surface area contributed by atoms with E-state index in [2.05, 4.69) is 38.7 Å². The second-order valence-electron chi connectivity index (χ2n) is 3.22. The van der Waals surface area contributed by atoms with E-state index < -0.39 is 0 Å². The molecule has 1 aliphatic carbocycles. The van der Waals surface area contributed by atoms with Crippen molar-refractivity contribution in [1.82, 2.24) is 0 Å². The van der Waals surface area contributed by atoms with E-state index >= 15 is 0 Å². The van der Waals surface area contributed by atoms with Crippen molar-refractivity contribution in [3.05, 3.63) is 36.5 Å². The maximum absolute atomic E-state index is 3.71. The molecule has 1 rings (SSSR count). The Morgan fingerprint density at radius 3 is 2.14 bits per heavy atom. The third-order valence-electron chi connectivity index (χ3n) is 2.21. The van der Waals surface area contributed by atoms with Gasteiger partial charge < -0.3 is 0 Å². The normalized spacial score (nSPS) is 24.7. The van der Waals surface area contributed by atoms with Gasteiger partial charge in [0.1, 0.15) is 0 Å². The molecule has 1 saturated carbocycles. The van der Waals surface area contributed by atoms with E-state index in [1.165, 1.54) is 12.0 Å². The van der Waals surface area contributed by atoms with E-state index in [4.69, 9.17) is 0 Å². The molecule has 1 unspecified atom stereocenters. The maximum Gasteiger partial charge on any atom is -0.0133 e. The summed E-state index contributed by atoms with van der Waals surface area (Å²) in [5.74, 6) is 1.70. The lowest BCUT2D eigenvalue weighted by atomic mass is 10.1. The first kappa shape index (κ1) is 15.7. The molecule has 82 valence electrons. The van der Waals surface area contributed by atoms with Gasteiger partial charge in [0.25, 0.3) is 0 Å². The van der Waals surface area contributed by atoms with Crippen LogP contribution in [0.4, 0.5) is 0 Å². The van der Waals surface area contributed by atoms with Crippen molar-refractivity contribution in [2.45, 2.75) is 41.5 Å². The average Bonchev–Trinajstić information content (AvgIpc) is 2.86. The van der Waals surface area contributed by atoms with Gasteiger partial charge in [-0.3, -0.25) is 0 Å². The molecule has 1 aliphatic rings. The Kier molecular flexibility index (Phi) is 9.86. The lowest BCUT2D eigenvalue weighted by molar-refractivity contribution is 0.873. The van der Waals surface area contributed by atoms with Gasteiger partial charge in [-0.15, -0.1) is 0 Å². The minimum absolute atomic E-state index is 0. The molecular formula is C14H26. The molecule has 0 radical (unpaired) electrons. The lowest BCUT2D eigenvalue weighted by Gasteiger charge is -1.96. The van der Waals surface area contributed by atoms with Crippen LogP contribution in [-0.4, -0.2) is 0 Å². The fraction of sp³-hybridized carbons (Fsp3) is 0.571. The molecule has 0 nitrogen and oxygen atoms in total. The highest BCUT2D eigenvalue weighted by Gasteiger charge is 2.34. The van der Waals surface area contributed by atoms with Crippen LogP contribution in [0, 0.1) is 11.8 Å². The number of allylic oxidation sites excluding steroid dienone is 5. The molecule has 0 aliphatic heterocycles. The van der Waals surface area contributed by atoms with Gasteiger partial charge in [-0.1, -0.05) is 59.1 Å². The highest BCUT2D eigenvalue weighted by Crippen LogP contribution is 2.43. The molecule has 0 aromatic carbocycles. The zero-order chi connectivity index (χ0) is 10.3. The van der Waals surface area contributed by atoms with Crippen molar-refractivity contribution in [3.63, 3.8) is 0 Å². The second kappa shape index (κ2) is 8.80. The molecule has 0 bridgehead atoms. The Labute approximate surface area is 90.4 Å². The lowest BCUT2D eigenvalue weighted by Crippen LogP contribution is -1.81. The molecule has 2 atom stereocenters. The van der Waals surface area contributed by atoms with Crippen LogP contribution in [-0.2, 0) is 0 Å². The van der Waals surface area contributed by atoms with Crippen molar-refractivity contribution in [2.75, 3.05) is 0 Å². The monoisotopic (exact) mass is 194 g/mol. The van der Waals surface area contributed by atoms with Crippen LogP contribution in [0.15, 0.2) is 36.5 Å². The highest BCUT2D eigenvalue weighted by molar-refractivity contribution is 5.29. The summed E-state index contributed by atoms with van der Waals surface area (Å²) in [6.45, 7) is 12.1. The van der Waals surface area contributed by atoms with Crippen LogP contribution < -0.4 is 0 Å². The maximum atomic E-state index is 3.71. The first-order valence-corrected chi connectivity index (χ1v) is 5.25. The summed E-state index contributed by atoms with van der Waals surface area (Å²) in [6.07, 6.45) is 9.63. The molecule has 1 fully saturated rings. The van der Waals surface area contributed by atoms with E-state index in [1.54, 1.807) is 0 Å². The van der Waals surface area contributed by atoms with Gasteiger partial charge in [0.2, 0.25) is 0 Å². The third-order valence-corrected chi connectivity index (χ3v) is 2.21. The molecule has 0 heteroatoms. The minimum Gasteiger partial charge on any atom is -0.0991 e. The fourth-order valence-electron chi connectivity index (χ4n) is 1.42. The Morgan fingerprint density at radius 1 is 1.36 bits per heavy atom. The predicted octanol–water partition coefficient (Wildman–Crippen LogP) is 4.99. The summed E-state index contributed by atoms with van der Waals surface area (Å²) < 4.78 is 0. The Morgan fingerprint density at radius 2 is 1.86 bits per heavy atom. The summed E-state index contributed by atoms with van der Waals surface area (Å²) in [7, 11) is 0. The molecule has 0 heterocycles. The van der Waals surface area contributed by atoms with Crippen molar-refractivity contribution in [2.24, 2.45) is 11.8 Å². The first-order valence-electron chi connectivity index (χ1n) is 5.25. The molecule has 0 aromatic heterocycles. The first-order chi connectivity index (χ1) is 6.29. The number of rotatable bonds is 3. The summed E-state index contributed by atoms with van der Waals surface area (Å²) >= 11 is 0. The number of hydrogen-bond acceptors (Lipinski definition) is 0. The van der Waals surface area contributed by atoms with Crippen LogP contribution in [0.5, 0.6) is 0 Å². The smallest absolute Gasteiger partial charge is 0.0133 e. The van der Waals surface area contributed by atoms with E-state index in [9.17, 15) is 0 Å². The zero-order valence-electron chi connectivity index (χ0n) is 9.38. The van der Waals surface area contributed by atoms with Crippen LogP contribution in [0.1, 0.15) is 41.5 Å². The van der Waals surface area contributed by atoms with Crippen molar-refractivity contribution in [1.29, 1.82) is 0 Å². The summed E-state index contributed by atoms with van der Waals surface area (Å²) in [5.41, 5.74) is 1.44. The van der Waals surface area contributed by atoms with Crippen molar-refractivity contribution >= 4 is 0 Å². The van der Waals surface area contributed by atoms with Crippen LogP contribution in [0.2, 0.25) is 0 Å². The SMILES string of the molecule is C.C=C/C=C(\C=C/C)[C@H]1CC1C.CC. The standard InChI is InChI=1S/C11H16.C2H6.CH4/c1-4-6-10(7-5-2)11-8-9(11)3;1-2;/h4-7,9,11H,1,8H2,2-3H3;1-2H3;1H4/b7-5-,10-6+;;/t9?,11-;;/m0../s1. The van der Waals surface area contributed by atoms with Gasteiger partial charge in [-0.05, 0) is 30.8 Å². The third kappa shape index (κ3) is 5.06. The van der Waals surface area contributed by atoms with Gasteiger partial charge >= 0.3 is 0 Å². The Bertz CT molecular complexity index is 196. The van der Waals surface area contributed by atoms with Gasteiger partial charge in [0.05, 0.1) is 0 Å². The number of hydrogen-bond donors (Lipinski definition) is 0. The van der Waals surface area contributed by atoms with Crippen molar-refractivity contribution < 1.29 is 0 Å². The van der Waals surface area contributed by atoms with Crippen LogP contribution >= 0.6 is 0 Å². The van der Waals surface area contributed by atoms with E-state index in [-0.39, 0.29) is 7.43 Å². The molecule has 0 aromatic rings. The minimum atomic E-state index is 0. The largest absolute Gasteiger partial charge is 0.0991 e. The van der Waals surface area contributed by atoms with Gasteiger partial charge in [-0.2, -0.15) is 0 Å². The topological polar surface area (TPSA) is 0 Å². The molecular weight excluding hydrogens is 168 g/mol. The van der Waals surface area contributed by atoms with E-state index in [0.717, 1.165) is 11.8 Å². The molecule has 14 heavy (non-hydrogen) atoms. The Hall–Kier alpha value is -0.780. The van der Waals surface area contributed by atoms with Crippen LogP contribution in [0.3, 0.4) is 0 Å². The van der Waals surface area contributed by atoms with Crippen LogP contribution in [0.25, 0.3) is 0 Å². The van der Waals surface area contributed by atoms with E-state index in [0.29, 0.717) is 0 Å². The zero-order valence-corrected chi connectivity index (χ0v) is 9.38. The highest BCUT2D eigenvalue weighted by atomic mass is 14.4. The van der Waals surface area contributed by atoms with Crippen molar-refractivity contribution in [3.8, 4) is 0 Å². The summed E-state index contributed by atoms with van der Waals surface area (Å²) in [4.78, 5) is 0. The second-order valence-corrected chi connectivity index (χ2v) is 3.22. The molecule has 0 saturated heterocycles. The van der Waals surface area contributed by atoms with E-state index in [1.807, 2.05) is 19.9 Å². The fourth-order valence-corrected chi connectivity index (χ4v) is 1.42. The summed E-state index contributed by atoms with van der Waals surface area (Å²) in [5, 5.41) is 0. The van der Waals surface area contributed by atoms with Gasteiger partial charge in [-0.25, -0.2) is 0 Å². The predicted molar refractivity (Wildman–Crippen MR) is 68.4 cm³/mol. The average molecular weight is 194 g/mol. The molecule has 0 spiro atoms. The molecule has 0 N–H and O–H groups in total. The quantitative estimate of drug-likeness (QED) is 0.555.